The number of carbonyl (C=O) groups excluding carboxylic acids is 1. The van der Waals surface area contributed by atoms with E-state index in [4.69, 9.17) is 5.73 Å². The molecular formula is C19H22N4O. The van der Waals surface area contributed by atoms with Gasteiger partial charge in [0, 0.05) is 36.6 Å². The highest BCUT2D eigenvalue weighted by molar-refractivity contribution is 5.98. The third-order valence-corrected chi connectivity index (χ3v) is 5.44. The van der Waals surface area contributed by atoms with E-state index < -0.39 is 0 Å². The van der Waals surface area contributed by atoms with Gasteiger partial charge in [0.05, 0.1) is 0 Å². The quantitative estimate of drug-likeness (QED) is 0.942. The molecule has 1 aromatic carbocycles. The van der Waals surface area contributed by atoms with E-state index in [0.717, 1.165) is 18.4 Å². The van der Waals surface area contributed by atoms with Crippen molar-refractivity contribution in [2.24, 2.45) is 11.7 Å². The molecule has 0 unspecified atom stereocenters. The van der Waals surface area contributed by atoms with Gasteiger partial charge in [0.15, 0.2) is 5.69 Å². The number of aromatic nitrogens is 2. The second-order valence-electron chi connectivity index (χ2n) is 6.86. The molecule has 1 aromatic heterocycles. The summed E-state index contributed by atoms with van der Waals surface area (Å²) >= 11 is 0. The fourth-order valence-corrected chi connectivity index (χ4v) is 4.25. The molecule has 2 aliphatic rings. The van der Waals surface area contributed by atoms with E-state index in [1.165, 1.54) is 12.0 Å². The summed E-state index contributed by atoms with van der Waals surface area (Å²) in [5.41, 5.74) is 9.15. The Hall–Kier alpha value is -2.27. The lowest BCUT2D eigenvalue weighted by Crippen LogP contribution is -2.48. The van der Waals surface area contributed by atoms with E-state index in [9.17, 15) is 4.79 Å². The van der Waals surface area contributed by atoms with Crippen LogP contribution in [0.4, 0.5) is 0 Å². The summed E-state index contributed by atoms with van der Waals surface area (Å²) < 4.78 is 0. The minimum atomic E-state index is -0.0266. The van der Waals surface area contributed by atoms with Gasteiger partial charge in [0.2, 0.25) is 0 Å². The zero-order valence-electron chi connectivity index (χ0n) is 13.9. The van der Waals surface area contributed by atoms with E-state index >= 15 is 0 Å². The Bertz CT molecular complexity index is 758. The lowest BCUT2D eigenvalue weighted by molar-refractivity contribution is 0.0596. The fraction of sp³-hybridized carbons (Fsp3) is 0.421. The number of likely N-dealkylation sites (tertiary alicyclic amines) is 1. The molecule has 2 fully saturated rings. The molecule has 2 heterocycles. The summed E-state index contributed by atoms with van der Waals surface area (Å²) in [7, 11) is 0. The molecule has 1 aliphatic heterocycles. The van der Waals surface area contributed by atoms with Crippen molar-refractivity contribution >= 4 is 5.91 Å². The number of hydrogen-bond donors (Lipinski definition) is 1. The van der Waals surface area contributed by atoms with E-state index in [1.54, 1.807) is 12.4 Å². The number of hydrogen-bond acceptors (Lipinski definition) is 4. The van der Waals surface area contributed by atoms with Crippen molar-refractivity contribution in [1.29, 1.82) is 0 Å². The normalized spacial score (nSPS) is 25.2. The first-order valence-corrected chi connectivity index (χ1v) is 8.60. The Morgan fingerprint density at radius 3 is 2.71 bits per heavy atom. The van der Waals surface area contributed by atoms with Crippen LogP contribution in [0, 0.1) is 12.8 Å². The predicted octanol–water partition coefficient (Wildman–Crippen LogP) is 2.40. The largest absolute Gasteiger partial charge is 0.330 e. The Balaban J connectivity index is 1.72. The zero-order chi connectivity index (χ0) is 16.7. The molecule has 2 aromatic rings. The molecule has 1 saturated carbocycles. The lowest BCUT2D eigenvalue weighted by Gasteiger charge is -2.34. The molecule has 1 amide bonds. The summed E-state index contributed by atoms with van der Waals surface area (Å²) in [6, 6.07) is 8.49. The number of benzene rings is 1. The third-order valence-electron chi connectivity index (χ3n) is 5.44. The molecule has 0 spiro atoms. The van der Waals surface area contributed by atoms with Gasteiger partial charge in [-0.15, -0.1) is 0 Å². The number of piperidine rings is 1. The number of fused-ring (bicyclic) bond motifs is 2. The van der Waals surface area contributed by atoms with Crippen LogP contribution in [0.15, 0.2) is 36.7 Å². The molecule has 5 heteroatoms. The number of amides is 1. The van der Waals surface area contributed by atoms with Crippen molar-refractivity contribution in [3.8, 4) is 11.3 Å². The topological polar surface area (TPSA) is 72.1 Å². The van der Waals surface area contributed by atoms with Gasteiger partial charge in [-0.2, -0.15) is 0 Å². The number of carbonyl (C=O) groups is 1. The van der Waals surface area contributed by atoms with Gasteiger partial charge >= 0.3 is 0 Å². The minimum absolute atomic E-state index is 0.0266. The minimum Gasteiger partial charge on any atom is -0.330 e. The highest BCUT2D eigenvalue weighted by Gasteiger charge is 2.48. The van der Waals surface area contributed by atoms with Gasteiger partial charge in [-0.1, -0.05) is 29.8 Å². The first kappa shape index (κ1) is 15.3. The van der Waals surface area contributed by atoms with Gasteiger partial charge < -0.3 is 10.6 Å². The van der Waals surface area contributed by atoms with Gasteiger partial charge in [0.1, 0.15) is 5.69 Å². The smallest absolute Gasteiger partial charge is 0.275 e. The average molecular weight is 322 g/mol. The number of nitrogens with zero attached hydrogens (tertiary/aromatic N) is 3. The van der Waals surface area contributed by atoms with E-state index in [-0.39, 0.29) is 11.9 Å². The van der Waals surface area contributed by atoms with Crippen LogP contribution < -0.4 is 5.73 Å². The molecule has 2 N–H and O–H groups in total. The average Bonchev–Trinajstić information content (AvgIpc) is 3.23. The second kappa shape index (κ2) is 5.98. The first-order chi connectivity index (χ1) is 11.7. The van der Waals surface area contributed by atoms with Crippen LogP contribution in [-0.2, 0) is 0 Å². The molecule has 3 atom stereocenters. The Morgan fingerprint density at radius 2 is 1.96 bits per heavy atom. The van der Waals surface area contributed by atoms with Crippen LogP contribution in [0.5, 0.6) is 0 Å². The SMILES string of the molecule is Cc1ccc(-c2nccnc2C(=O)N2[C@@H]3CC[C@@H](C3)[C@H]2CN)cc1. The standard InChI is InChI=1S/C19H22N4O/c1-12-2-4-13(5-3-12)17-18(22-9-8-21-17)19(24)23-15-7-6-14(10-15)16(23)11-20/h2-5,8-9,14-16H,6-7,10-11,20H2,1H3/t14-,15+,16+/m0/s1. The number of aryl methyl sites for hydroxylation is 1. The maximum Gasteiger partial charge on any atom is 0.275 e. The van der Waals surface area contributed by atoms with E-state index in [1.807, 2.05) is 36.1 Å². The summed E-state index contributed by atoms with van der Waals surface area (Å²) in [6.07, 6.45) is 6.57. The van der Waals surface area contributed by atoms with Crippen molar-refractivity contribution in [1.82, 2.24) is 14.9 Å². The summed E-state index contributed by atoms with van der Waals surface area (Å²) in [6.45, 7) is 2.56. The second-order valence-corrected chi connectivity index (χ2v) is 6.86. The van der Waals surface area contributed by atoms with Crippen LogP contribution >= 0.6 is 0 Å². The van der Waals surface area contributed by atoms with Crippen LogP contribution in [0.3, 0.4) is 0 Å². The maximum atomic E-state index is 13.2. The lowest BCUT2D eigenvalue weighted by atomic mass is 9.98. The highest BCUT2D eigenvalue weighted by Crippen LogP contribution is 2.43. The van der Waals surface area contributed by atoms with E-state index in [0.29, 0.717) is 29.9 Å². The molecule has 5 nitrogen and oxygen atoms in total. The van der Waals surface area contributed by atoms with Crippen LogP contribution in [0.1, 0.15) is 35.3 Å². The number of nitrogens with two attached hydrogens (primary N) is 1. The summed E-state index contributed by atoms with van der Waals surface area (Å²) in [5.74, 6) is 0.518. The highest BCUT2D eigenvalue weighted by atomic mass is 16.2. The third kappa shape index (κ3) is 2.40. The molecule has 1 aliphatic carbocycles. The van der Waals surface area contributed by atoms with Crippen molar-refractivity contribution in [2.75, 3.05) is 6.54 Å². The van der Waals surface area contributed by atoms with Crippen LogP contribution in [0.2, 0.25) is 0 Å². The maximum absolute atomic E-state index is 13.2. The summed E-state index contributed by atoms with van der Waals surface area (Å²) in [4.78, 5) is 24.0. The molecule has 24 heavy (non-hydrogen) atoms. The first-order valence-electron chi connectivity index (χ1n) is 8.60. The van der Waals surface area contributed by atoms with Crippen molar-refractivity contribution in [3.63, 3.8) is 0 Å². The Labute approximate surface area is 141 Å². The Morgan fingerprint density at radius 1 is 1.21 bits per heavy atom. The molecule has 0 radical (unpaired) electrons. The molecule has 2 bridgehead atoms. The number of rotatable bonds is 3. The van der Waals surface area contributed by atoms with Crippen molar-refractivity contribution < 1.29 is 4.79 Å². The van der Waals surface area contributed by atoms with Crippen molar-refractivity contribution in [3.05, 3.63) is 47.9 Å². The monoisotopic (exact) mass is 322 g/mol. The van der Waals surface area contributed by atoms with Crippen LogP contribution in [0.25, 0.3) is 11.3 Å². The van der Waals surface area contributed by atoms with Gasteiger partial charge in [-0.25, -0.2) is 4.98 Å². The van der Waals surface area contributed by atoms with E-state index in [2.05, 4.69) is 9.97 Å². The molecule has 4 rings (SSSR count). The van der Waals surface area contributed by atoms with Gasteiger partial charge in [-0.3, -0.25) is 9.78 Å². The van der Waals surface area contributed by atoms with Crippen molar-refractivity contribution in [2.45, 2.75) is 38.3 Å². The predicted molar refractivity (Wildman–Crippen MR) is 92.3 cm³/mol. The van der Waals surface area contributed by atoms with Gasteiger partial charge in [-0.05, 0) is 32.1 Å². The van der Waals surface area contributed by atoms with Gasteiger partial charge in [0.25, 0.3) is 5.91 Å². The fourth-order valence-electron chi connectivity index (χ4n) is 4.25. The Kier molecular flexibility index (Phi) is 3.81. The van der Waals surface area contributed by atoms with Crippen LogP contribution in [-0.4, -0.2) is 39.4 Å². The molecule has 124 valence electrons. The molecular weight excluding hydrogens is 300 g/mol. The molecule has 1 saturated heterocycles. The zero-order valence-corrected chi connectivity index (χ0v) is 13.9. The summed E-state index contributed by atoms with van der Waals surface area (Å²) in [5, 5.41) is 0.